The molecule has 0 aliphatic rings. The van der Waals surface area contributed by atoms with Crippen LogP contribution in [-0.4, -0.2) is 15.1 Å². The van der Waals surface area contributed by atoms with Crippen LogP contribution in [0.25, 0.3) is 0 Å². The van der Waals surface area contributed by atoms with Crippen LogP contribution in [0, 0.1) is 0 Å². The van der Waals surface area contributed by atoms with E-state index in [2.05, 4.69) is 105 Å². The number of benzene rings is 2. The monoisotopic (exact) mass is 377 g/mol. The second-order valence-electron chi connectivity index (χ2n) is 7.89. The third-order valence-electron chi connectivity index (χ3n) is 3.94. The first-order valence-electron chi connectivity index (χ1n) is 7.77. The molecule has 0 unspecified atom stereocenters. The molecule has 0 aliphatic heterocycles. The molecule has 0 spiro atoms. The van der Waals surface area contributed by atoms with E-state index in [1.165, 1.54) is 21.7 Å². The van der Waals surface area contributed by atoms with E-state index < -0.39 is 6.17 Å². The second kappa shape index (κ2) is 6.40. The molecule has 0 saturated carbocycles. The second-order valence-corrected chi connectivity index (χ2v) is 11.8. The zero-order chi connectivity index (χ0) is 16.5. The molecule has 0 bridgehead atoms. The molecular formula is C20H26PSe+. The molecule has 0 N–H and O–H groups in total. The fourth-order valence-corrected chi connectivity index (χ4v) is 5.01. The van der Waals surface area contributed by atoms with Crippen LogP contribution in [0.2, 0.25) is 0 Å². The van der Waals surface area contributed by atoms with E-state index in [0.717, 1.165) is 0 Å². The van der Waals surface area contributed by atoms with Gasteiger partial charge in [-0.1, -0.05) is 0 Å². The molecule has 2 rings (SSSR count). The van der Waals surface area contributed by atoms with Crippen LogP contribution < -0.4 is 10.6 Å². The summed E-state index contributed by atoms with van der Waals surface area (Å²) in [4.78, 5) is 0. The van der Waals surface area contributed by atoms with Gasteiger partial charge in [0.2, 0.25) is 0 Å². The van der Waals surface area contributed by atoms with E-state index in [1.54, 1.807) is 0 Å². The number of rotatable bonds is 2. The van der Waals surface area contributed by atoms with Crippen LogP contribution in [0.4, 0.5) is 0 Å². The van der Waals surface area contributed by atoms with Crippen molar-refractivity contribution in [1.29, 1.82) is 0 Å². The summed E-state index contributed by atoms with van der Waals surface area (Å²) in [5.41, 5.74) is 3.21. The maximum atomic E-state index is 3.39. The van der Waals surface area contributed by atoms with Crippen molar-refractivity contribution in [2.75, 3.05) is 0 Å². The van der Waals surface area contributed by atoms with Gasteiger partial charge in [-0.25, -0.2) is 0 Å². The molecular weight excluding hydrogens is 350 g/mol. The predicted octanol–water partition coefficient (Wildman–Crippen LogP) is 4.80. The van der Waals surface area contributed by atoms with Crippen molar-refractivity contribution >= 4 is 31.9 Å². The molecule has 2 aromatic rings. The molecule has 2 aromatic carbocycles. The van der Waals surface area contributed by atoms with Gasteiger partial charge in [0.05, 0.1) is 0 Å². The summed E-state index contributed by atoms with van der Waals surface area (Å²) in [6.45, 7) is 13.5. The van der Waals surface area contributed by atoms with Gasteiger partial charge in [-0.2, -0.15) is 0 Å². The third-order valence-corrected chi connectivity index (χ3v) is 8.12. The Kier molecular flexibility index (Phi) is 5.13. The van der Waals surface area contributed by atoms with Gasteiger partial charge < -0.3 is 0 Å². The standard InChI is InChI=1S/C20H26PSe/c1-19(2,3)15-7-11-17(12-8-15)21(22)18-13-9-16(10-14-18)20(4,5)6/h7-14H,1-6H3/q+1. The van der Waals surface area contributed by atoms with Gasteiger partial charge in [0.15, 0.2) is 0 Å². The van der Waals surface area contributed by atoms with Gasteiger partial charge in [0, 0.05) is 0 Å². The van der Waals surface area contributed by atoms with E-state index in [-0.39, 0.29) is 10.8 Å². The van der Waals surface area contributed by atoms with Crippen molar-refractivity contribution in [3.8, 4) is 0 Å². The molecule has 0 atom stereocenters. The maximum absolute atomic E-state index is 3.39. The zero-order valence-corrected chi connectivity index (χ0v) is 17.1. The normalized spacial score (nSPS) is 12.3. The molecule has 0 heterocycles. The van der Waals surface area contributed by atoms with E-state index in [1.807, 2.05) is 0 Å². The summed E-state index contributed by atoms with van der Waals surface area (Å²) < 4.78 is 0. The summed E-state index contributed by atoms with van der Waals surface area (Å²) >= 11 is 3.39. The zero-order valence-electron chi connectivity index (χ0n) is 14.5. The Balaban J connectivity index is 2.25. The molecule has 0 fully saturated rings. The third kappa shape index (κ3) is 4.17. The van der Waals surface area contributed by atoms with Crippen LogP contribution in [-0.2, 0) is 10.8 Å². The summed E-state index contributed by atoms with van der Waals surface area (Å²) in [5.74, 6) is 0. The molecule has 0 radical (unpaired) electrons. The first-order valence-corrected chi connectivity index (χ1v) is 11.3. The summed E-state index contributed by atoms with van der Waals surface area (Å²) in [7, 11) is 0. The van der Waals surface area contributed by atoms with E-state index in [9.17, 15) is 0 Å². The Morgan fingerprint density at radius 2 is 0.864 bits per heavy atom. The SMILES string of the molecule is CC(C)(C)c1ccc([P+](=[Se])c2ccc(C(C)(C)C)cc2)cc1. The number of hydrogen-bond donors (Lipinski definition) is 0. The van der Waals surface area contributed by atoms with Crippen LogP contribution >= 0.6 is 6.17 Å². The summed E-state index contributed by atoms with van der Waals surface area (Å²) in [6.07, 6.45) is -0.392. The van der Waals surface area contributed by atoms with Gasteiger partial charge in [-0.05, 0) is 0 Å². The van der Waals surface area contributed by atoms with Crippen molar-refractivity contribution in [3.05, 3.63) is 59.7 Å². The molecule has 2 heteroatoms. The molecule has 0 aromatic heterocycles. The summed E-state index contributed by atoms with van der Waals surface area (Å²) in [6, 6.07) is 18.2. The average molecular weight is 376 g/mol. The summed E-state index contributed by atoms with van der Waals surface area (Å²) in [5, 5.41) is 2.79. The van der Waals surface area contributed by atoms with Crippen molar-refractivity contribution < 1.29 is 0 Å². The molecule has 0 saturated heterocycles. The van der Waals surface area contributed by atoms with Gasteiger partial charge in [-0.15, -0.1) is 0 Å². The Labute approximate surface area is 144 Å². The van der Waals surface area contributed by atoms with Crippen molar-refractivity contribution in [2.45, 2.75) is 52.4 Å². The van der Waals surface area contributed by atoms with Gasteiger partial charge in [0.25, 0.3) is 0 Å². The van der Waals surface area contributed by atoms with Crippen LogP contribution in [0.1, 0.15) is 52.7 Å². The Morgan fingerprint density at radius 3 is 1.09 bits per heavy atom. The molecule has 22 heavy (non-hydrogen) atoms. The Bertz CT molecular complexity index is 593. The molecule has 0 nitrogen and oxygen atoms in total. The first kappa shape index (κ1) is 17.6. The van der Waals surface area contributed by atoms with E-state index >= 15 is 0 Å². The number of hydrogen-bond acceptors (Lipinski definition) is 0. The minimum atomic E-state index is -0.392. The first-order chi connectivity index (χ1) is 10.1. The van der Waals surface area contributed by atoms with Crippen molar-refractivity contribution in [1.82, 2.24) is 0 Å². The molecule has 116 valence electrons. The Morgan fingerprint density at radius 1 is 0.591 bits per heavy atom. The van der Waals surface area contributed by atoms with Crippen molar-refractivity contribution in [2.24, 2.45) is 0 Å². The minimum absolute atomic E-state index is 0.215. The van der Waals surface area contributed by atoms with Gasteiger partial charge in [-0.3, -0.25) is 0 Å². The quantitative estimate of drug-likeness (QED) is 0.522. The topological polar surface area (TPSA) is 0 Å². The van der Waals surface area contributed by atoms with Gasteiger partial charge >= 0.3 is 144 Å². The van der Waals surface area contributed by atoms with Gasteiger partial charge in [0.1, 0.15) is 0 Å². The molecule has 0 amide bonds. The van der Waals surface area contributed by atoms with Crippen LogP contribution in [0.5, 0.6) is 0 Å². The van der Waals surface area contributed by atoms with Crippen LogP contribution in [0.15, 0.2) is 48.5 Å². The van der Waals surface area contributed by atoms with Crippen molar-refractivity contribution in [3.63, 3.8) is 0 Å². The Hall–Kier alpha value is -0.741. The average Bonchev–Trinajstić information content (AvgIpc) is 2.45. The fraction of sp³-hybridized carbons (Fsp3) is 0.400. The van der Waals surface area contributed by atoms with Crippen LogP contribution in [0.3, 0.4) is 0 Å². The molecule has 0 aliphatic carbocycles. The van der Waals surface area contributed by atoms with E-state index in [4.69, 9.17) is 0 Å². The predicted molar refractivity (Wildman–Crippen MR) is 102 cm³/mol. The fourth-order valence-electron chi connectivity index (χ4n) is 2.34. The van der Waals surface area contributed by atoms with E-state index in [0.29, 0.717) is 0 Å².